The quantitative estimate of drug-likeness (QED) is 0.823. The van der Waals surface area contributed by atoms with Crippen LogP contribution in [-0.2, 0) is 16.4 Å². The molecule has 0 saturated heterocycles. The first-order valence-electron chi connectivity index (χ1n) is 7.12. The fourth-order valence-corrected chi connectivity index (χ4v) is 2.81. The minimum absolute atomic E-state index is 0.263. The van der Waals surface area contributed by atoms with E-state index in [0.717, 1.165) is 0 Å². The van der Waals surface area contributed by atoms with Gasteiger partial charge in [0, 0.05) is 18.6 Å². The van der Waals surface area contributed by atoms with Crippen molar-refractivity contribution in [2.75, 3.05) is 18.1 Å². The highest BCUT2D eigenvalue weighted by atomic mass is 28.3. The molecule has 0 spiro atoms. The molecule has 8 heteroatoms. The highest BCUT2D eigenvalue weighted by molar-refractivity contribution is 6.48. The van der Waals surface area contributed by atoms with Crippen LogP contribution < -0.4 is 11.5 Å². The third kappa shape index (κ3) is 3.33. The van der Waals surface area contributed by atoms with Crippen LogP contribution in [0.3, 0.4) is 0 Å². The Bertz CT molecular complexity index is 604. The van der Waals surface area contributed by atoms with Crippen LogP contribution >= 0.6 is 0 Å². The van der Waals surface area contributed by atoms with Gasteiger partial charge in [0.05, 0.1) is 0 Å². The lowest BCUT2D eigenvalue weighted by atomic mass is 10.1. The van der Waals surface area contributed by atoms with Crippen LogP contribution in [0.15, 0.2) is 0 Å². The summed E-state index contributed by atoms with van der Waals surface area (Å²) in [5.74, 6) is 2.06. The Labute approximate surface area is 126 Å². The molecule has 7 nitrogen and oxygen atoms in total. The van der Waals surface area contributed by atoms with Crippen molar-refractivity contribution in [1.29, 1.82) is 0 Å². The predicted molar refractivity (Wildman–Crippen MR) is 86.8 cm³/mol. The van der Waals surface area contributed by atoms with Crippen molar-refractivity contribution in [2.45, 2.75) is 45.8 Å². The predicted octanol–water partition coefficient (Wildman–Crippen LogP) is 1.24. The Morgan fingerprint density at radius 3 is 2.38 bits per heavy atom. The smallest absolute Gasteiger partial charge is 0.204 e. The molecule has 0 bridgehead atoms. The maximum atomic E-state index is 6.21. The molecule has 0 atom stereocenters. The maximum absolute atomic E-state index is 6.21. The van der Waals surface area contributed by atoms with Gasteiger partial charge < -0.3 is 15.9 Å². The van der Waals surface area contributed by atoms with E-state index < -0.39 is 9.04 Å². The second-order valence-electron chi connectivity index (χ2n) is 6.34. The van der Waals surface area contributed by atoms with E-state index in [0.29, 0.717) is 42.1 Å². The minimum atomic E-state index is -1.02. The summed E-state index contributed by atoms with van der Waals surface area (Å²) in [6.07, 6.45) is 0.663. The van der Waals surface area contributed by atoms with Gasteiger partial charge >= 0.3 is 0 Å². The van der Waals surface area contributed by atoms with Gasteiger partial charge in [-0.05, 0) is 33.9 Å². The monoisotopic (exact) mass is 308 g/mol. The first-order valence-corrected chi connectivity index (χ1v) is 9.90. The summed E-state index contributed by atoms with van der Waals surface area (Å²) in [6.45, 7) is 11.0. The lowest BCUT2D eigenvalue weighted by Crippen LogP contribution is -2.28. The summed E-state index contributed by atoms with van der Waals surface area (Å²) in [7, 11) is -1.02. The van der Waals surface area contributed by atoms with Crippen LogP contribution in [0, 0.1) is 0 Å². The number of fused-ring (bicyclic) bond motifs is 1. The molecule has 0 aromatic rings. The normalized spacial score (nSPS) is 12.5. The van der Waals surface area contributed by atoms with Gasteiger partial charge in [-0.15, -0.1) is 0 Å². The standard InChI is InChI=1S/C13H24N6OSi/c1-13(2,3)19-10(14)9-11(18-12(19)15)17-8(16-9)6-7-20-21(4)5/h21H,6-7,14H2,1-5H3,(H2,15,16,17,18). The lowest BCUT2D eigenvalue weighted by Gasteiger charge is -2.27. The van der Waals surface area contributed by atoms with Crippen molar-refractivity contribution in [1.82, 2.24) is 19.5 Å². The van der Waals surface area contributed by atoms with Crippen LogP contribution in [0.5, 0.6) is 0 Å². The van der Waals surface area contributed by atoms with E-state index in [2.05, 4.69) is 28.0 Å². The van der Waals surface area contributed by atoms with Gasteiger partial charge in [0.25, 0.3) is 0 Å². The molecule has 0 unspecified atom stereocenters. The molecule has 116 valence electrons. The second kappa shape index (κ2) is 5.61. The molecule has 0 aliphatic carbocycles. The van der Waals surface area contributed by atoms with Crippen molar-refractivity contribution in [3.05, 3.63) is 5.82 Å². The van der Waals surface area contributed by atoms with Crippen molar-refractivity contribution in [3.8, 4) is 11.5 Å². The summed E-state index contributed by atoms with van der Waals surface area (Å²) in [5, 5.41) is 0. The maximum Gasteiger partial charge on any atom is 0.204 e. The SMILES string of the molecule is C[SiH](C)OCCc1nc2nc(N)n(C(C)(C)C)c(N)c-2n1. The van der Waals surface area contributed by atoms with E-state index in [1.807, 2.05) is 20.8 Å². The molecule has 0 radical (unpaired) electrons. The number of nitrogens with two attached hydrogens (primary N) is 2. The molecule has 4 N–H and O–H groups in total. The molecular formula is C13H24N6OSi. The topological polar surface area (TPSA) is 105 Å². The molecule has 21 heavy (non-hydrogen) atoms. The second-order valence-corrected chi connectivity index (χ2v) is 8.77. The highest BCUT2D eigenvalue weighted by Crippen LogP contribution is 2.31. The number of nitrogen functional groups attached to an aromatic ring is 2. The van der Waals surface area contributed by atoms with Gasteiger partial charge in [0.1, 0.15) is 11.6 Å². The van der Waals surface area contributed by atoms with E-state index in [9.17, 15) is 0 Å². The van der Waals surface area contributed by atoms with E-state index in [4.69, 9.17) is 15.9 Å². The van der Waals surface area contributed by atoms with Crippen LogP contribution in [0.1, 0.15) is 26.6 Å². The number of hydrogen-bond acceptors (Lipinski definition) is 6. The van der Waals surface area contributed by atoms with E-state index >= 15 is 0 Å². The van der Waals surface area contributed by atoms with Crippen LogP contribution in [0.2, 0.25) is 13.1 Å². The summed E-state index contributed by atoms with van der Waals surface area (Å²) < 4.78 is 7.43. The molecule has 2 heterocycles. The van der Waals surface area contributed by atoms with E-state index in [1.54, 1.807) is 4.57 Å². The van der Waals surface area contributed by atoms with Crippen molar-refractivity contribution >= 4 is 20.8 Å². The molecule has 2 rings (SSSR count). The van der Waals surface area contributed by atoms with Crippen molar-refractivity contribution < 1.29 is 4.43 Å². The summed E-state index contributed by atoms with van der Waals surface area (Å²) in [5.41, 5.74) is 12.6. The Morgan fingerprint density at radius 2 is 1.81 bits per heavy atom. The van der Waals surface area contributed by atoms with Crippen molar-refractivity contribution in [2.24, 2.45) is 0 Å². The van der Waals surface area contributed by atoms with Gasteiger partial charge in [-0.1, -0.05) is 0 Å². The molecule has 0 aromatic carbocycles. The Hall–Kier alpha value is -1.67. The van der Waals surface area contributed by atoms with E-state index in [1.165, 1.54) is 0 Å². The molecular weight excluding hydrogens is 284 g/mol. The Kier molecular flexibility index (Phi) is 4.19. The minimum Gasteiger partial charge on any atom is -0.420 e. The van der Waals surface area contributed by atoms with E-state index in [-0.39, 0.29) is 5.54 Å². The largest absolute Gasteiger partial charge is 0.420 e. The van der Waals surface area contributed by atoms with Crippen molar-refractivity contribution in [3.63, 3.8) is 0 Å². The first-order chi connectivity index (χ1) is 9.70. The molecule has 0 saturated carbocycles. The Morgan fingerprint density at radius 1 is 1.14 bits per heavy atom. The summed E-state index contributed by atoms with van der Waals surface area (Å²) in [6, 6.07) is 0. The van der Waals surface area contributed by atoms with Crippen LogP contribution in [-0.4, -0.2) is 35.2 Å². The number of hydrogen-bond donors (Lipinski definition) is 2. The third-order valence-electron chi connectivity index (χ3n) is 3.07. The zero-order valence-electron chi connectivity index (χ0n) is 13.3. The summed E-state index contributed by atoms with van der Waals surface area (Å²) >= 11 is 0. The van der Waals surface area contributed by atoms with Gasteiger partial charge in [0.2, 0.25) is 5.95 Å². The fraction of sp³-hybridized carbons (Fsp3) is 0.615. The number of rotatable bonds is 4. The number of nitrogens with zero attached hydrogens (tertiary/aromatic N) is 4. The molecule has 0 amide bonds. The average molecular weight is 308 g/mol. The lowest BCUT2D eigenvalue weighted by molar-refractivity contribution is 0.328. The first kappa shape index (κ1) is 15.7. The third-order valence-corrected chi connectivity index (χ3v) is 3.97. The number of imidazole rings is 1. The zero-order chi connectivity index (χ0) is 15.8. The average Bonchev–Trinajstić information content (AvgIpc) is 2.69. The highest BCUT2D eigenvalue weighted by Gasteiger charge is 2.25. The number of anilines is 2. The molecule has 2 aliphatic heterocycles. The van der Waals surface area contributed by atoms with Gasteiger partial charge in [-0.3, -0.25) is 4.57 Å². The summed E-state index contributed by atoms with van der Waals surface area (Å²) in [4.78, 5) is 13.2. The van der Waals surface area contributed by atoms with Crippen LogP contribution in [0.4, 0.5) is 11.8 Å². The molecule has 2 aliphatic rings. The fourth-order valence-electron chi connectivity index (χ4n) is 2.22. The Balaban J connectivity index is 2.36. The number of aromatic nitrogens is 4. The van der Waals surface area contributed by atoms with Gasteiger partial charge in [0.15, 0.2) is 20.6 Å². The molecule has 0 aromatic heterocycles. The van der Waals surface area contributed by atoms with Gasteiger partial charge in [-0.25, -0.2) is 9.97 Å². The van der Waals surface area contributed by atoms with Crippen LogP contribution in [0.25, 0.3) is 11.5 Å². The molecule has 0 fully saturated rings. The van der Waals surface area contributed by atoms with Gasteiger partial charge in [-0.2, -0.15) is 4.98 Å². The zero-order valence-corrected chi connectivity index (χ0v) is 14.5.